The lowest BCUT2D eigenvalue weighted by molar-refractivity contribution is 0.115. The van der Waals surface area contributed by atoms with Gasteiger partial charge in [0.2, 0.25) is 0 Å². The second-order valence-electron chi connectivity index (χ2n) is 6.47. The Morgan fingerprint density at radius 3 is 2.76 bits per heavy atom. The fraction of sp³-hybridized carbons (Fsp3) is 0.625. The van der Waals surface area contributed by atoms with E-state index in [1.807, 2.05) is 24.3 Å². The highest BCUT2D eigenvalue weighted by molar-refractivity contribution is 6.32. The van der Waals surface area contributed by atoms with E-state index in [0.29, 0.717) is 10.9 Å². The van der Waals surface area contributed by atoms with Crippen LogP contribution >= 0.6 is 24.0 Å². The molecule has 1 saturated heterocycles. The molecule has 1 aliphatic rings. The Kier molecular flexibility index (Phi) is 7.28. The second-order valence-corrected chi connectivity index (χ2v) is 6.88. The van der Waals surface area contributed by atoms with E-state index < -0.39 is 0 Å². The van der Waals surface area contributed by atoms with E-state index in [0.717, 1.165) is 32.0 Å². The minimum absolute atomic E-state index is 0. The molecule has 120 valence electrons. The molecule has 1 aromatic rings. The molecule has 0 aromatic heterocycles. The Morgan fingerprint density at radius 1 is 1.38 bits per heavy atom. The first-order chi connectivity index (χ1) is 9.44. The van der Waals surface area contributed by atoms with Crippen LogP contribution in [-0.4, -0.2) is 36.7 Å². The Balaban J connectivity index is 0.00000220. The SMILES string of the molecule is CC(C)(N)CN1CCCC(COc2ccccc2Cl)C1.Cl. The molecule has 0 radical (unpaired) electrons. The van der Waals surface area contributed by atoms with Crippen molar-refractivity contribution in [1.82, 2.24) is 4.90 Å². The molecule has 1 unspecified atom stereocenters. The molecular weight excluding hydrogens is 307 g/mol. The lowest BCUT2D eigenvalue weighted by atomic mass is 9.97. The summed E-state index contributed by atoms with van der Waals surface area (Å²) < 4.78 is 5.86. The van der Waals surface area contributed by atoms with Crippen molar-refractivity contribution in [2.45, 2.75) is 32.2 Å². The number of rotatable bonds is 5. The third-order valence-electron chi connectivity index (χ3n) is 3.55. The van der Waals surface area contributed by atoms with Crippen LogP contribution < -0.4 is 10.5 Å². The van der Waals surface area contributed by atoms with Crippen LogP contribution in [0.4, 0.5) is 0 Å². The van der Waals surface area contributed by atoms with Crippen molar-refractivity contribution in [3.63, 3.8) is 0 Å². The van der Waals surface area contributed by atoms with E-state index in [1.54, 1.807) is 0 Å². The summed E-state index contributed by atoms with van der Waals surface area (Å²) in [5, 5.41) is 0.684. The molecule has 0 bridgehead atoms. The zero-order valence-electron chi connectivity index (χ0n) is 12.8. The zero-order valence-corrected chi connectivity index (χ0v) is 14.4. The van der Waals surface area contributed by atoms with Gasteiger partial charge in [0.1, 0.15) is 5.75 Å². The minimum atomic E-state index is -0.133. The van der Waals surface area contributed by atoms with E-state index >= 15 is 0 Å². The number of piperidine rings is 1. The zero-order chi connectivity index (χ0) is 14.6. The summed E-state index contributed by atoms with van der Waals surface area (Å²) in [6.45, 7) is 8.03. The lowest BCUT2D eigenvalue weighted by Gasteiger charge is -2.36. The summed E-state index contributed by atoms with van der Waals surface area (Å²) in [4.78, 5) is 2.45. The van der Waals surface area contributed by atoms with E-state index in [9.17, 15) is 0 Å². The molecule has 1 aliphatic heterocycles. The standard InChI is InChI=1S/C16H25ClN2O.ClH/c1-16(2,18)12-19-9-5-6-13(10-19)11-20-15-8-4-3-7-14(15)17;/h3-4,7-8,13H,5-6,9-12,18H2,1-2H3;1H. The van der Waals surface area contributed by atoms with E-state index in [2.05, 4.69) is 18.7 Å². The smallest absolute Gasteiger partial charge is 0.137 e. The van der Waals surface area contributed by atoms with Crippen LogP contribution in [0.15, 0.2) is 24.3 Å². The summed E-state index contributed by atoms with van der Waals surface area (Å²) in [6, 6.07) is 7.65. The van der Waals surface area contributed by atoms with Crippen molar-refractivity contribution in [3.05, 3.63) is 29.3 Å². The molecule has 1 aromatic carbocycles. The molecular formula is C16H26Cl2N2O. The topological polar surface area (TPSA) is 38.5 Å². The monoisotopic (exact) mass is 332 g/mol. The summed E-state index contributed by atoms with van der Waals surface area (Å²) in [5.41, 5.74) is 5.97. The Bertz CT molecular complexity index is 435. The maximum absolute atomic E-state index is 6.11. The fourth-order valence-corrected chi connectivity index (χ4v) is 2.97. The van der Waals surface area contributed by atoms with Crippen LogP contribution in [-0.2, 0) is 0 Å². The highest BCUT2D eigenvalue weighted by Gasteiger charge is 2.24. The van der Waals surface area contributed by atoms with Gasteiger partial charge in [0.25, 0.3) is 0 Å². The van der Waals surface area contributed by atoms with E-state index in [-0.39, 0.29) is 17.9 Å². The maximum Gasteiger partial charge on any atom is 0.137 e. The van der Waals surface area contributed by atoms with Crippen LogP contribution in [0.2, 0.25) is 5.02 Å². The molecule has 1 fully saturated rings. The number of benzene rings is 1. The number of para-hydroxylation sites is 1. The largest absolute Gasteiger partial charge is 0.492 e. The Morgan fingerprint density at radius 2 is 2.10 bits per heavy atom. The number of nitrogens with two attached hydrogens (primary N) is 1. The van der Waals surface area contributed by atoms with Crippen molar-refractivity contribution >= 4 is 24.0 Å². The van der Waals surface area contributed by atoms with Crippen molar-refractivity contribution in [2.24, 2.45) is 11.7 Å². The fourth-order valence-electron chi connectivity index (χ4n) is 2.78. The van der Waals surface area contributed by atoms with Gasteiger partial charge in [-0.25, -0.2) is 0 Å². The average molecular weight is 333 g/mol. The van der Waals surface area contributed by atoms with Crippen molar-refractivity contribution in [1.29, 1.82) is 0 Å². The maximum atomic E-state index is 6.11. The quantitative estimate of drug-likeness (QED) is 0.895. The lowest BCUT2D eigenvalue weighted by Crippen LogP contribution is -2.49. The number of ether oxygens (including phenoxy) is 1. The Hall–Kier alpha value is -0.480. The number of likely N-dealkylation sites (tertiary alicyclic amines) is 1. The van der Waals surface area contributed by atoms with Gasteiger partial charge < -0.3 is 15.4 Å². The molecule has 1 heterocycles. The number of hydrogen-bond donors (Lipinski definition) is 1. The first-order valence-corrected chi connectivity index (χ1v) is 7.70. The molecule has 0 aliphatic carbocycles. The predicted octanol–water partition coefficient (Wildman–Crippen LogP) is 3.59. The van der Waals surface area contributed by atoms with Crippen molar-refractivity contribution in [2.75, 3.05) is 26.2 Å². The predicted molar refractivity (Wildman–Crippen MR) is 91.6 cm³/mol. The third-order valence-corrected chi connectivity index (χ3v) is 3.86. The third kappa shape index (κ3) is 6.43. The molecule has 0 amide bonds. The van der Waals surface area contributed by atoms with Crippen LogP contribution in [0.5, 0.6) is 5.75 Å². The molecule has 3 nitrogen and oxygen atoms in total. The van der Waals surface area contributed by atoms with Gasteiger partial charge >= 0.3 is 0 Å². The molecule has 5 heteroatoms. The van der Waals surface area contributed by atoms with Gasteiger partial charge in [0.15, 0.2) is 0 Å². The highest BCUT2D eigenvalue weighted by Crippen LogP contribution is 2.25. The first-order valence-electron chi connectivity index (χ1n) is 7.32. The van der Waals surface area contributed by atoms with Gasteiger partial charge in [-0.15, -0.1) is 12.4 Å². The van der Waals surface area contributed by atoms with Gasteiger partial charge in [-0.1, -0.05) is 23.7 Å². The molecule has 2 N–H and O–H groups in total. The summed E-state index contributed by atoms with van der Waals surface area (Å²) >= 11 is 6.11. The molecule has 0 spiro atoms. The van der Waals surface area contributed by atoms with Crippen LogP contribution in [0, 0.1) is 5.92 Å². The average Bonchev–Trinajstić information content (AvgIpc) is 2.36. The van der Waals surface area contributed by atoms with Gasteiger partial charge in [-0.2, -0.15) is 0 Å². The van der Waals surface area contributed by atoms with Crippen molar-refractivity contribution in [3.8, 4) is 5.75 Å². The number of hydrogen-bond acceptors (Lipinski definition) is 3. The highest BCUT2D eigenvalue weighted by atomic mass is 35.5. The number of nitrogens with zero attached hydrogens (tertiary/aromatic N) is 1. The molecule has 21 heavy (non-hydrogen) atoms. The summed E-state index contributed by atoms with van der Waals surface area (Å²) in [5.74, 6) is 1.34. The van der Waals surface area contributed by atoms with Gasteiger partial charge in [0, 0.05) is 24.5 Å². The first kappa shape index (κ1) is 18.6. The van der Waals surface area contributed by atoms with E-state index in [1.165, 1.54) is 12.8 Å². The molecule has 2 rings (SSSR count). The Labute approximate surface area is 139 Å². The normalized spacial score (nSPS) is 19.9. The van der Waals surface area contributed by atoms with Crippen molar-refractivity contribution < 1.29 is 4.74 Å². The number of halogens is 2. The minimum Gasteiger partial charge on any atom is -0.492 e. The van der Waals surface area contributed by atoms with E-state index in [4.69, 9.17) is 22.1 Å². The van der Waals surface area contributed by atoms with Crippen LogP contribution in [0.1, 0.15) is 26.7 Å². The summed E-state index contributed by atoms with van der Waals surface area (Å²) in [7, 11) is 0. The van der Waals surface area contributed by atoms with Gasteiger partial charge in [0.05, 0.1) is 11.6 Å². The molecule has 0 saturated carbocycles. The summed E-state index contributed by atoms with van der Waals surface area (Å²) in [6.07, 6.45) is 2.43. The van der Waals surface area contributed by atoms with Gasteiger partial charge in [-0.05, 0) is 45.4 Å². The van der Waals surface area contributed by atoms with Gasteiger partial charge in [-0.3, -0.25) is 0 Å². The second kappa shape index (κ2) is 8.23. The van der Waals surface area contributed by atoms with Crippen LogP contribution in [0.3, 0.4) is 0 Å². The molecule has 1 atom stereocenters. The van der Waals surface area contributed by atoms with Crippen LogP contribution in [0.25, 0.3) is 0 Å².